The van der Waals surface area contributed by atoms with E-state index in [0.29, 0.717) is 18.1 Å². The number of anilines is 1. The molecular formula is C22H25FN4O. The summed E-state index contributed by atoms with van der Waals surface area (Å²) in [6.07, 6.45) is 3.69. The third kappa shape index (κ3) is 3.78. The molecule has 2 aromatic carbocycles. The van der Waals surface area contributed by atoms with Crippen LogP contribution in [0.5, 0.6) is 0 Å². The Balaban J connectivity index is 1.35. The summed E-state index contributed by atoms with van der Waals surface area (Å²) in [5.41, 5.74) is 4.82. The quantitative estimate of drug-likeness (QED) is 0.742. The Morgan fingerprint density at radius 2 is 2.00 bits per heavy atom. The number of imidazole rings is 1. The third-order valence-corrected chi connectivity index (χ3v) is 5.73. The smallest absolute Gasteiger partial charge is 0.238 e. The molecule has 0 atom stereocenters. The van der Waals surface area contributed by atoms with Gasteiger partial charge in [-0.05, 0) is 56.0 Å². The van der Waals surface area contributed by atoms with Crippen molar-refractivity contribution in [3.05, 3.63) is 59.7 Å². The average molecular weight is 380 g/mol. The summed E-state index contributed by atoms with van der Waals surface area (Å²) in [5, 5.41) is 3.04. The van der Waals surface area contributed by atoms with E-state index in [1.807, 2.05) is 32.0 Å². The molecule has 1 N–H and O–H groups in total. The van der Waals surface area contributed by atoms with Gasteiger partial charge in [-0.1, -0.05) is 12.1 Å². The molecule has 1 aromatic heterocycles. The second-order valence-electron chi connectivity index (χ2n) is 7.59. The van der Waals surface area contributed by atoms with E-state index in [1.165, 1.54) is 17.7 Å². The molecule has 0 saturated carbocycles. The highest BCUT2D eigenvalue weighted by Gasteiger charge is 2.23. The number of benzene rings is 2. The van der Waals surface area contributed by atoms with Gasteiger partial charge in [-0.15, -0.1) is 0 Å². The zero-order valence-electron chi connectivity index (χ0n) is 16.3. The minimum atomic E-state index is -0.262. The highest BCUT2D eigenvalue weighted by atomic mass is 19.1. The number of amides is 1. The molecule has 0 radical (unpaired) electrons. The van der Waals surface area contributed by atoms with Crippen molar-refractivity contribution in [1.29, 1.82) is 0 Å². The molecule has 0 aliphatic carbocycles. The first kappa shape index (κ1) is 18.6. The first-order chi connectivity index (χ1) is 13.5. The van der Waals surface area contributed by atoms with Gasteiger partial charge in [-0.3, -0.25) is 9.69 Å². The Kier molecular flexibility index (Phi) is 5.13. The van der Waals surface area contributed by atoms with Crippen molar-refractivity contribution in [2.45, 2.75) is 32.7 Å². The van der Waals surface area contributed by atoms with Crippen molar-refractivity contribution in [3.8, 4) is 0 Å². The van der Waals surface area contributed by atoms with Crippen LogP contribution in [0.3, 0.4) is 0 Å². The van der Waals surface area contributed by atoms with Crippen LogP contribution in [0.15, 0.2) is 42.7 Å². The van der Waals surface area contributed by atoms with Gasteiger partial charge in [0.1, 0.15) is 5.82 Å². The standard InChI is InChI=1S/C22H25FN4O/c1-15-4-3-5-19(16(15)2)25-22(28)13-26-10-8-18(9-11-26)27-14-24-20-12-17(23)6-7-21(20)27/h3-7,12,14,18H,8-11,13H2,1-2H3,(H,25,28). The maximum absolute atomic E-state index is 13.4. The van der Waals surface area contributed by atoms with Crippen LogP contribution in [0, 0.1) is 19.7 Å². The lowest BCUT2D eigenvalue weighted by Gasteiger charge is -2.32. The topological polar surface area (TPSA) is 50.2 Å². The monoisotopic (exact) mass is 380 g/mol. The summed E-state index contributed by atoms with van der Waals surface area (Å²) in [6.45, 7) is 6.18. The van der Waals surface area contributed by atoms with Gasteiger partial charge in [0.05, 0.1) is 23.9 Å². The lowest BCUT2D eigenvalue weighted by Crippen LogP contribution is -2.39. The number of rotatable bonds is 4. The average Bonchev–Trinajstić information content (AvgIpc) is 3.09. The van der Waals surface area contributed by atoms with E-state index >= 15 is 0 Å². The molecule has 2 heterocycles. The van der Waals surface area contributed by atoms with Gasteiger partial charge in [0.25, 0.3) is 0 Å². The number of hydrogen-bond acceptors (Lipinski definition) is 3. The number of aryl methyl sites for hydroxylation is 1. The minimum Gasteiger partial charge on any atom is -0.327 e. The van der Waals surface area contributed by atoms with Gasteiger partial charge in [0, 0.05) is 30.9 Å². The van der Waals surface area contributed by atoms with Gasteiger partial charge >= 0.3 is 0 Å². The second-order valence-corrected chi connectivity index (χ2v) is 7.59. The number of carbonyl (C=O) groups is 1. The predicted molar refractivity (Wildman–Crippen MR) is 109 cm³/mol. The fourth-order valence-electron chi connectivity index (χ4n) is 3.93. The highest BCUT2D eigenvalue weighted by Crippen LogP contribution is 2.27. The fourth-order valence-corrected chi connectivity index (χ4v) is 3.93. The highest BCUT2D eigenvalue weighted by molar-refractivity contribution is 5.93. The van der Waals surface area contributed by atoms with Gasteiger partial charge in [-0.2, -0.15) is 0 Å². The second kappa shape index (κ2) is 7.72. The van der Waals surface area contributed by atoms with E-state index in [9.17, 15) is 9.18 Å². The molecule has 1 amide bonds. The minimum absolute atomic E-state index is 0.0238. The Morgan fingerprint density at radius 1 is 1.21 bits per heavy atom. The SMILES string of the molecule is Cc1cccc(NC(=O)CN2CCC(n3cnc4cc(F)ccc43)CC2)c1C. The van der Waals surface area contributed by atoms with E-state index in [4.69, 9.17) is 0 Å². The molecule has 0 unspecified atom stereocenters. The molecule has 1 fully saturated rings. The van der Waals surface area contributed by atoms with E-state index in [1.54, 1.807) is 12.4 Å². The largest absolute Gasteiger partial charge is 0.327 e. The summed E-state index contributed by atoms with van der Waals surface area (Å²) in [7, 11) is 0. The van der Waals surface area contributed by atoms with Crippen LogP contribution in [-0.4, -0.2) is 40.0 Å². The molecule has 0 spiro atoms. The molecule has 1 aliphatic rings. The van der Waals surface area contributed by atoms with Crippen molar-refractivity contribution in [1.82, 2.24) is 14.5 Å². The van der Waals surface area contributed by atoms with Crippen molar-refractivity contribution >= 4 is 22.6 Å². The molecule has 146 valence electrons. The zero-order valence-corrected chi connectivity index (χ0v) is 16.3. The van der Waals surface area contributed by atoms with Crippen LogP contribution in [-0.2, 0) is 4.79 Å². The summed E-state index contributed by atoms with van der Waals surface area (Å²) in [4.78, 5) is 19.0. The lowest BCUT2D eigenvalue weighted by molar-refractivity contribution is -0.117. The summed E-state index contributed by atoms with van der Waals surface area (Å²) in [5.74, 6) is -0.238. The molecule has 1 saturated heterocycles. The number of piperidine rings is 1. The van der Waals surface area contributed by atoms with Crippen molar-refractivity contribution < 1.29 is 9.18 Å². The Hall–Kier alpha value is -2.73. The Bertz CT molecular complexity index is 1000. The number of likely N-dealkylation sites (tertiary alicyclic amines) is 1. The normalized spacial score (nSPS) is 15.8. The summed E-state index contributed by atoms with van der Waals surface area (Å²) < 4.78 is 15.5. The zero-order chi connectivity index (χ0) is 19.7. The van der Waals surface area contributed by atoms with E-state index in [-0.39, 0.29) is 11.7 Å². The predicted octanol–water partition coefficient (Wildman–Crippen LogP) is 4.07. The molecule has 4 rings (SSSR count). The molecule has 0 bridgehead atoms. The number of carbonyl (C=O) groups excluding carboxylic acids is 1. The van der Waals surface area contributed by atoms with Gasteiger partial charge in [-0.25, -0.2) is 9.37 Å². The molecule has 5 nitrogen and oxygen atoms in total. The summed E-state index contributed by atoms with van der Waals surface area (Å²) >= 11 is 0. The maximum Gasteiger partial charge on any atom is 0.238 e. The van der Waals surface area contributed by atoms with Gasteiger partial charge in [0.2, 0.25) is 5.91 Å². The Morgan fingerprint density at radius 3 is 2.79 bits per heavy atom. The first-order valence-electron chi connectivity index (χ1n) is 9.72. The molecule has 28 heavy (non-hydrogen) atoms. The molecular weight excluding hydrogens is 355 g/mol. The van der Waals surface area contributed by atoms with Gasteiger partial charge in [0.15, 0.2) is 0 Å². The number of nitrogens with one attached hydrogen (secondary N) is 1. The van der Waals surface area contributed by atoms with E-state index in [2.05, 4.69) is 19.8 Å². The number of hydrogen-bond donors (Lipinski definition) is 1. The van der Waals surface area contributed by atoms with Crippen molar-refractivity contribution in [2.24, 2.45) is 0 Å². The van der Waals surface area contributed by atoms with Crippen LogP contribution in [0.1, 0.15) is 30.0 Å². The summed E-state index contributed by atoms with van der Waals surface area (Å²) in [6, 6.07) is 11.0. The number of halogens is 1. The Labute approximate surface area is 164 Å². The molecule has 3 aromatic rings. The number of nitrogens with zero attached hydrogens (tertiary/aromatic N) is 3. The van der Waals surface area contributed by atoms with E-state index in [0.717, 1.165) is 42.7 Å². The van der Waals surface area contributed by atoms with E-state index < -0.39 is 0 Å². The fraction of sp³-hybridized carbons (Fsp3) is 0.364. The molecule has 6 heteroatoms. The van der Waals surface area contributed by atoms with Crippen molar-refractivity contribution in [3.63, 3.8) is 0 Å². The van der Waals surface area contributed by atoms with Crippen LogP contribution in [0.25, 0.3) is 11.0 Å². The van der Waals surface area contributed by atoms with Crippen LogP contribution < -0.4 is 5.32 Å². The first-order valence-corrected chi connectivity index (χ1v) is 9.72. The maximum atomic E-state index is 13.4. The number of fused-ring (bicyclic) bond motifs is 1. The van der Waals surface area contributed by atoms with Crippen LogP contribution >= 0.6 is 0 Å². The van der Waals surface area contributed by atoms with Crippen LogP contribution in [0.4, 0.5) is 10.1 Å². The number of aromatic nitrogens is 2. The lowest BCUT2D eigenvalue weighted by atomic mass is 10.0. The van der Waals surface area contributed by atoms with Crippen LogP contribution in [0.2, 0.25) is 0 Å². The van der Waals surface area contributed by atoms with Gasteiger partial charge < -0.3 is 9.88 Å². The molecule has 1 aliphatic heterocycles. The van der Waals surface area contributed by atoms with Crippen molar-refractivity contribution in [2.75, 3.05) is 25.0 Å². The third-order valence-electron chi connectivity index (χ3n) is 5.73.